The van der Waals surface area contributed by atoms with Gasteiger partial charge in [0.2, 0.25) is 0 Å². The van der Waals surface area contributed by atoms with E-state index in [4.69, 9.17) is 4.74 Å². The third-order valence-electron chi connectivity index (χ3n) is 3.34. The third-order valence-corrected chi connectivity index (χ3v) is 3.34. The lowest BCUT2D eigenvalue weighted by Gasteiger charge is -2.26. The van der Waals surface area contributed by atoms with Crippen LogP contribution in [0.25, 0.3) is 0 Å². The van der Waals surface area contributed by atoms with Gasteiger partial charge in [0, 0.05) is 20.1 Å². The maximum Gasteiger partial charge on any atom is 0.324 e. The lowest BCUT2D eigenvalue weighted by Crippen LogP contribution is -2.45. The topological polar surface area (TPSA) is 49.8 Å². The van der Waals surface area contributed by atoms with Crippen LogP contribution in [0.1, 0.15) is 19.3 Å². The van der Waals surface area contributed by atoms with Gasteiger partial charge in [0.05, 0.1) is 6.10 Å². The van der Waals surface area contributed by atoms with Crippen molar-refractivity contribution in [3.8, 4) is 0 Å². The average molecular weight is 185 g/mol. The maximum absolute atomic E-state index is 11.2. The van der Waals surface area contributed by atoms with Crippen molar-refractivity contribution in [1.82, 2.24) is 4.90 Å². The number of ether oxygens (including phenoxy) is 1. The van der Waals surface area contributed by atoms with E-state index in [1.165, 1.54) is 0 Å². The highest BCUT2D eigenvalue weighted by atomic mass is 16.5. The molecule has 0 radical (unpaired) electrons. The van der Waals surface area contributed by atoms with Gasteiger partial charge in [-0.05, 0) is 19.4 Å². The molecular formula is C9H15NO3. The molecule has 2 heterocycles. The normalized spacial score (nSPS) is 39.3. The van der Waals surface area contributed by atoms with Crippen LogP contribution in [-0.4, -0.2) is 47.8 Å². The molecule has 0 aromatic rings. The molecule has 0 amide bonds. The first kappa shape index (κ1) is 8.97. The van der Waals surface area contributed by atoms with Crippen LogP contribution in [0.4, 0.5) is 0 Å². The van der Waals surface area contributed by atoms with Crippen LogP contribution in [0.5, 0.6) is 0 Å². The van der Waals surface area contributed by atoms with Gasteiger partial charge < -0.3 is 9.84 Å². The second-order valence-corrected chi connectivity index (χ2v) is 3.95. The predicted octanol–water partition coefficient (Wildman–Crippen LogP) is 0.324. The molecule has 4 heteroatoms. The van der Waals surface area contributed by atoms with Crippen molar-refractivity contribution in [1.29, 1.82) is 0 Å². The van der Waals surface area contributed by atoms with Crippen molar-refractivity contribution in [3.05, 3.63) is 0 Å². The minimum Gasteiger partial charge on any atom is -0.480 e. The molecule has 2 fully saturated rings. The number of carbonyl (C=O) groups is 1. The molecule has 0 saturated carbocycles. The Balaban J connectivity index is 2.20. The molecule has 0 bridgehead atoms. The van der Waals surface area contributed by atoms with Crippen LogP contribution in [0.15, 0.2) is 0 Å². The summed E-state index contributed by atoms with van der Waals surface area (Å²) in [4.78, 5) is 13.2. The Bertz CT molecular complexity index is 231. The molecule has 2 aliphatic rings. The highest BCUT2D eigenvalue weighted by molar-refractivity contribution is 5.79. The number of carboxylic acid groups (broad SMARTS) is 1. The van der Waals surface area contributed by atoms with Gasteiger partial charge in [-0.2, -0.15) is 0 Å². The molecule has 2 rings (SSSR count). The summed E-state index contributed by atoms with van der Waals surface area (Å²) in [6.45, 7) is 1.69. The second-order valence-electron chi connectivity index (χ2n) is 3.95. The van der Waals surface area contributed by atoms with Crippen LogP contribution < -0.4 is 0 Å². The lowest BCUT2D eigenvalue weighted by molar-refractivity contribution is -0.148. The molecule has 74 valence electrons. The zero-order valence-corrected chi connectivity index (χ0v) is 7.82. The standard InChI is InChI=1S/C9H15NO3/c1-13-7-5-9(8(11)12)3-2-4-10(9)6-7/h7H,2-6H2,1H3,(H,11,12)/t7-,9-/m1/s1. The number of rotatable bonds is 2. The number of hydrogen-bond donors (Lipinski definition) is 1. The highest BCUT2D eigenvalue weighted by Gasteiger charge is 2.53. The largest absolute Gasteiger partial charge is 0.480 e. The van der Waals surface area contributed by atoms with Gasteiger partial charge in [-0.3, -0.25) is 9.69 Å². The first-order chi connectivity index (χ1) is 6.19. The van der Waals surface area contributed by atoms with Gasteiger partial charge in [0.25, 0.3) is 0 Å². The van der Waals surface area contributed by atoms with Crippen LogP contribution >= 0.6 is 0 Å². The van der Waals surface area contributed by atoms with E-state index in [0.29, 0.717) is 6.42 Å². The molecule has 0 aromatic carbocycles. The third kappa shape index (κ3) is 1.16. The molecular weight excluding hydrogens is 170 g/mol. The molecule has 0 spiro atoms. The minimum atomic E-state index is -0.676. The van der Waals surface area contributed by atoms with Crippen molar-refractivity contribution in [3.63, 3.8) is 0 Å². The van der Waals surface area contributed by atoms with Gasteiger partial charge in [0.15, 0.2) is 0 Å². The molecule has 2 aliphatic heterocycles. The number of methoxy groups -OCH3 is 1. The van der Waals surface area contributed by atoms with E-state index in [-0.39, 0.29) is 6.10 Å². The Labute approximate surface area is 77.5 Å². The van der Waals surface area contributed by atoms with Crippen molar-refractivity contribution < 1.29 is 14.6 Å². The van der Waals surface area contributed by atoms with Gasteiger partial charge >= 0.3 is 5.97 Å². The fraction of sp³-hybridized carbons (Fsp3) is 0.889. The van der Waals surface area contributed by atoms with Crippen molar-refractivity contribution in [2.24, 2.45) is 0 Å². The first-order valence-electron chi connectivity index (χ1n) is 4.70. The maximum atomic E-state index is 11.2. The Morgan fingerprint density at radius 1 is 1.69 bits per heavy atom. The van der Waals surface area contributed by atoms with E-state index in [1.807, 2.05) is 0 Å². The SMILES string of the molecule is CO[C@H]1CN2CCC[C@]2(C(=O)O)C1. The quantitative estimate of drug-likeness (QED) is 0.673. The zero-order valence-electron chi connectivity index (χ0n) is 7.82. The van der Waals surface area contributed by atoms with E-state index < -0.39 is 11.5 Å². The van der Waals surface area contributed by atoms with Crippen LogP contribution in [-0.2, 0) is 9.53 Å². The summed E-state index contributed by atoms with van der Waals surface area (Å²) in [6.07, 6.45) is 2.54. The van der Waals surface area contributed by atoms with Gasteiger partial charge in [-0.1, -0.05) is 0 Å². The number of hydrogen-bond acceptors (Lipinski definition) is 3. The van der Waals surface area contributed by atoms with Crippen molar-refractivity contribution in [2.45, 2.75) is 30.9 Å². The molecule has 2 atom stereocenters. The lowest BCUT2D eigenvalue weighted by atomic mass is 9.94. The predicted molar refractivity (Wildman–Crippen MR) is 46.6 cm³/mol. The van der Waals surface area contributed by atoms with Gasteiger partial charge in [0.1, 0.15) is 5.54 Å². The van der Waals surface area contributed by atoms with Gasteiger partial charge in [-0.15, -0.1) is 0 Å². The Morgan fingerprint density at radius 3 is 3.00 bits per heavy atom. The molecule has 2 saturated heterocycles. The monoisotopic (exact) mass is 185 g/mol. The van der Waals surface area contributed by atoms with E-state index >= 15 is 0 Å². The fourth-order valence-corrected chi connectivity index (χ4v) is 2.61. The number of nitrogens with zero attached hydrogens (tertiary/aromatic N) is 1. The first-order valence-corrected chi connectivity index (χ1v) is 4.70. The van der Waals surface area contributed by atoms with Gasteiger partial charge in [-0.25, -0.2) is 0 Å². The molecule has 0 aliphatic carbocycles. The molecule has 4 nitrogen and oxygen atoms in total. The number of aliphatic carboxylic acids is 1. The van der Waals surface area contributed by atoms with E-state index in [1.54, 1.807) is 7.11 Å². The summed E-state index contributed by atoms with van der Waals surface area (Å²) in [5.74, 6) is -0.676. The fourth-order valence-electron chi connectivity index (χ4n) is 2.61. The molecule has 0 unspecified atom stereocenters. The van der Waals surface area contributed by atoms with Crippen LogP contribution in [0, 0.1) is 0 Å². The number of fused-ring (bicyclic) bond motifs is 1. The Morgan fingerprint density at radius 2 is 2.46 bits per heavy atom. The summed E-state index contributed by atoms with van der Waals surface area (Å²) >= 11 is 0. The minimum absolute atomic E-state index is 0.108. The van der Waals surface area contributed by atoms with Crippen LogP contribution in [0.2, 0.25) is 0 Å². The molecule has 1 N–H and O–H groups in total. The summed E-state index contributed by atoms with van der Waals surface area (Å²) in [5.41, 5.74) is -0.597. The van der Waals surface area contributed by atoms with Crippen LogP contribution in [0.3, 0.4) is 0 Å². The average Bonchev–Trinajstić information content (AvgIpc) is 2.58. The summed E-state index contributed by atoms with van der Waals surface area (Å²) in [5, 5.41) is 9.19. The van der Waals surface area contributed by atoms with E-state index in [0.717, 1.165) is 25.9 Å². The summed E-state index contributed by atoms with van der Waals surface area (Å²) in [7, 11) is 1.66. The Kier molecular flexibility index (Phi) is 2.04. The smallest absolute Gasteiger partial charge is 0.324 e. The van der Waals surface area contributed by atoms with E-state index in [2.05, 4.69) is 4.90 Å². The van der Waals surface area contributed by atoms with Crippen molar-refractivity contribution >= 4 is 5.97 Å². The van der Waals surface area contributed by atoms with Crippen molar-refractivity contribution in [2.75, 3.05) is 20.2 Å². The highest BCUT2D eigenvalue weighted by Crippen LogP contribution is 2.39. The summed E-state index contributed by atoms with van der Waals surface area (Å²) in [6, 6.07) is 0. The zero-order chi connectivity index (χ0) is 9.47. The molecule has 13 heavy (non-hydrogen) atoms. The van der Waals surface area contributed by atoms with E-state index in [9.17, 15) is 9.90 Å². The second kappa shape index (κ2) is 2.96. The molecule has 0 aromatic heterocycles. The number of carboxylic acids is 1. The summed E-state index contributed by atoms with van der Waals surface area (Å²) < 4.78 is 5.22. The Hall–Kier alpha value is -0.610.